The molecule has 7 nitrogen and oxygen atoms in total. The zero-order valence-corrected chi connectivity index (χ0v) is 12.9. The van der Waals surface area contributed by atoms with Crippen molar-refractivity contribution in [2.45, 2.75) is 31.7 Å². The van der Waals surface area contributed by atoms with Crippen molar-refractivity contribution >= 4 is 15.7 Å². The Morgan fingerprint density at radius 1 is 1.29 bits per heavy atom. The first-order chi connectivity index (χ1) is 9.95. The van der Waals surface area contributed by atoms with Crippen LogP contribution in [0.3, 0.4) is 0 Å². The van der Waals surface area contributed by atoms with Gasteiger partial charge in [-0.25, -0.2) is 8.42 Å². The van der Waals surface area contributed by atoms with Crippen molar-refractivity contribution in [3.63, 3.8) is 0 Å². The quantitative estimate of drug-likeness (QED) is 0.830. The molecule has 0 spiro atoms. The molecule has 2 aromatic heterocycles. The topological polar surface area (TPSA) is 103 Å². The minimum absolute atomic E-state index is 0.219. The van der Waals surface area contributed by atoms with Crippen molar-refractivity contribution < 1.29 is 8.42 Å². The van der Waals surface area contributed by atoms with Crippen LogP contribution < -0.4 is 10.5 Å². The van der Waals surface area contributed by atoms with Crippen LogP contribution in [-0.4, -0.2) is 29.7 Å². The van der Waals surface area contributed by atoms with Crippen LogP contribution in [0.2, 0.25) is 0 Å². The number of anilines is 1. The third-order valence-corrected chi connectivity index (χ3v) is 4.72. The van der Waals surface area contributed by atoms with Crippen LogP contribution >= 0.6 is 0 Å². The fourth-order valence-electron chi connectivity index (χ4n) is 2.15. The average Bonchev–Trinajstić information content (AvgIpc) is 2.72. The number of pyridine rings is 1. The van der Waals surface area contributed by atoms with E-state index in [0.717, 1.165) is 6.42 Å². The first-order valence-corrected chi connectivity index (χ1v) is 8.11. The minimum Gasteiger partial charge on any atom is -0.330 e. The summed E-state index contributed by atoms with van der Waals surface area (Å²) in [6.45, 7) is 4.58. The van der Waals surface area contributed by atoms with E-state index in [2.05, 4.69) is 14.8 Å². The SMILES string of the molecule is Cc1nn(CCCN)c(C)c1S(=O)(=O)Nc1ccncc1. The van der Waals surface area contributed by atoms with E-state index in [9.17, 15) is 8.42 Å². The standard InChI is InChI=1S/C13H19N5O2S/c1-10-13(11(2)18(16-10)9-3-6-14)21(19,20)17-12-4-7-15-8-5-12/h4-5,7-8H,3,6,9,14H2,1-2H3,(H,15,17). The molecule has 0 aliphatic heterocycles. The maximum absolute atomic E-state index is 12.5. The summed E-state index contributed by atoms with van der Waals surface area (Å²) in [7, 11) is -3.67. The highest BCUT2D eigenvalue weighted by molar-refractivity contribution is 7.92. The first-order valence-electron chi connectivity index (χ1n) is 6.62. The van der Waals surface area contributed by atoms with Gasteiger partial charge in [0.2, 0.25) is 0 Å². The third kappa shape index (κ3) is 3.40. The van der Waals surface area contributed by atoms with E-state index in [1.165, 1.54) is 12.4 Å². The summed E-state index contributed by atoms with van der Waals surface area (Å²) in [6.07, 6.45) is 3.81. The normalized spacial score (nSPS) is 11.6. The highest BCUT2D eigenvalue weighted by Crippen LogP contribution is 2.22. The molecule has 0 atom stereocenters. The van der Waals surface area contributed by atoms with Gasteiger partial charge in [0.1, 0.15) is 4.90 Å². The molecule has 0 fully saturated rings. The lowest BCUT2D eigenvalue weighted by molar-refractivity contribution is 0.565. The van der Waals surface area contributed by atoms with Crippen LogP contribution in [0.25, 0.3) is 0 Å². The Labute approximate surface area is 124 Å². The number of sulfonamides is 1. The third-order valence-electron chi connectivity index (χ3n) is 3.09. The zero-order valence-electron chi connectivity index (χ0n) is 12.1. The van der Waals surface area contributed by atoms with Gasteiger partial charge in [0.15, 0.2) is 0 Å². The molecular formula is C13H19N5O2S. The number of rotatable bonds is 6. The number of aryl methyl sites for hydroxylation is 2. The molecule has 0 unspecified atom stereocenters. The number of aromatic nitrogens is 3. The minimum atomic E-state index is -3.67. The predicted octanol–water partition coefficient (Wildman–Crippen LogP) is 1.04. The van der Waals surface area contributed by atoms with Crippen LogP contribution in [0.1, 0.15) is 17.8 Å². The predicted molar refractivity (Wildman–Crippen MR) is 80.4 cm³/mol. The Morgan fingerprint density at radius 3 is 2.57 bits per heavy atom. The van der Waals surface area contributed by atoms with E-state index in [1.807, 2.05) is 0 Å². The van der Waals surface area contributed by atoms with E-state index < -0.39 is 10.0 Å². The van der Waals surface area contributed by atoms with Gasteiger partial charge in [-0.05, 0) is 38.9 Å². The van der Waals surface area contributed by atoms with Gasteiger partial charge in [-0.2, -0.15) is 5.10 Å². The fourth-order valence-corrected chi connectivity index (χ4v) is 3.63. The molecule has 0 bridgehead atoms. The van der Waals surface area contributed by atoms with Crippen LogP contribution in [0.5, 0.6) is 0 Å². The summed E-state index contributed by atoms with van der Waals surface area (Å²) in [4.78, 5) is 4.08. The molecule has 2 rings (SSSR count). The second kappa shape index (κ2) is 6.23. The lowest BCUT2D eigenvalue weighted by Crippen LogP contribution is -2.15. The molecule has 114 valence electrons. The van der Waals surface area contributed by atoms with Crippen LogP contribution in [0, 0.1) is 13.8 Å². The summed E-state index contributed by atoms with van der Waals surface area (Å²) in [5, 5.41) is 4.29. The number of nitrogens with zero attached hydrogens (tertiary/aromatic N) is 3. The highest BCUT2D eigenvalue weighted by Gasteiger charge is 2.24. The molecule has 8 heteroatoms. The Morgan fingerprint density at radius 2 is 1.95 bits per heavy atom. The summed E-state index contributed by atoms with van der Waals surface area (Å²) in [5.41, 5.74) is 7.04. The Balaban J connectivity index is 2.34. The van der Waals surface area contributed by atoms with E-state index in [-0.39, 0.29) is 4.90 Å². The molecule has 2 heterocycles. The molecule has 0 saturated carbocycles. The van der Waals surface area contributed by atoms with Gasteiger partial charge >= 0.3 is 0 Å². The highest BCUT2D eigenvalue weighted by atomic mass is 32.2. The molecule has 21 heavy (non-hydrogen) atoms. The largest absolute Gasteiger partial charge is 0.330 e. The molecule has 0 aliphatic rings. The summed E-state index contributed by atoms with van der Waals surface area (Å²) in [5.74, 6) is 0. The van der Waals surface area contributed by atoms with Crippen LogP contribution in [0.15, 0.2) is 29.4 Å². The summed E-state index contributed by atoms with van der Waals surface area (Å²) >= 11 is 0. The number of hydrogen-bond acceptors (Lipinski definition) is 5. The van der Waals surface area contributed by atoms with Gasteiger partial charge in [-0.15, -0.1) is 0 Å². The van der Waals surface area contributed by atoms with Crippen molar-refractivity contribution in [2.75, 3.05) is 11.3 Å². The Kier molecular flexibility index (Phi) is 4.59. The molecule has 2 aromatic rings. The van der Waals surface area contributed by atoms with Crippen LogP contribution in [-0.2, 0) is 16.6 Å². The molecular weight excluding hydrogens is 290 g/mol. The lowest BCUT2D eigenvalue weighted by atomic mass is 10.4. The van der Waals surface area contributed by atoms with Gasteiger partial charge < -0.3 is 5.73 Å². The van der Waals surface area contributed by atoms with Crippen LogP contribution in [0.4, 0.5) is 5.69 Å². The monoisotopic (exact) mass is 309 g/mol. The maximum Gasteiger partial charge on any atom is 0.265 e. The fraction of sp³-hybridized carbons (Fsp3) is 0.385. The number of nitrogens with one attached hydrogen (secondary N) is 1. The van der Waals surface area contributed by atoms with Crippen molar-refractivity contribution in [1.82, 2.24) is 14.8 Å². The summed E-state index contributed by atoms with van der Waals surface area (Å²) < 4.78 is 29.3. The second-order valence-corrected chi connectivity index (χ2v) is 6.33. The van der Waals surface area contributed by atoms with E-state index >= 15 is 0 Å². The number of nitrogens with two attached hydrogens (primary N) is 1. The van der Waals surface area contributed by atoms with Crippen molar-refractivity contribution in [1.29, 1.82) is 0 Å². The molecule has 0 saturated heterocycles. The van der Waals surface area contributed by atoms with Crippen molar-refractivity contribution in [3.05, 3.63) is 35.9 Å². The van der Waals surface area contributed by atoms with Gasteiger partial charge in [0, 0.05) is 18.9 Å². The summed E-state index contributed by atoms with van der Waals surface area (Å²) in [6, 6.07) is 3.20. The Hall–Kier alpha value is -1.93. The second-order valence-electron chi connectivity index (χ2n) is 4.71. The average molecular weight is 309 g/mol. The molecule has 0 aliphatic carbocycles. The lowest BCUT2D eigenvalue weighted by Gasteiger charge is -2.08. The molecule has 0 aromatic carbocycles. The van der Waals surface area contributed by atoms with Gasteiger partial charge in [-0.1, -0.05) is 0 Å². The van der Waals surface area contributed by atoms with Gasteiger partial charge in [0.25, 0.3) is 10.0 Å². The van der Waals surface area contributed by atoms with Gasteiger partial charge in [-0.3, -0.25) is 14.4 Å². The number of hydrogen-bond donors (Lipinski definition) is 2. The van der Waals surface area contributed by atoms with E-state index in [0.29, 0.717) is 30.2 Å². The zero-order chi connectivity index (χ0) is 15.5. The van der Waals surface area contributed by atoms with Crippen molar-refractivity contribution in [2.24, 2.45) is 5.73 Å². The molecule has 3 N–H and O–H groups in total. The van der Waals surface area contributed by atoms with Gasteiger partial charge in [0.05, 0.1) is 17.1 Å². The Bertz CT molecular complexity index is 710. The first kappa shape index (κ1) is 15.5. The molecule has 0 radical (unpaired) electrons. The molecule has 0 amide bonds. The van der Waals surface area contributed by atoms with E-state index in [1.54, 1.807) is 30.7 Å². The maximum atomic E-state index is 12.5. The smallest absolute Gasteiger partial charge is 0.265 e. The van der Waals surface area contributed by atoms with Crippen molar-refractivity contribution in [3.8, 4) is 0 Å². The van der Waals surface area contributed by atoms with E-state index in [4.69, 9.17) is 5.73 Å².